The van der Waals surface area contributed by atoms with Gasteiger partial charge in [-0.2, -0.15) is 0 Å². The molecule has 0 aromatic heterocycles. The topological polar surface area (TPSA) is 32.5 Å². The molecule has 0 aliphatic carbocycles. The maximum atomic E-state index is 6.23. The highest BCUT2D eigenvalue weighted by molar-refractivity contribution is 4.99. The zero-order chi connectivity index (χ0) is 13.0. The van der Waals surface area contributed by atoms with Gasteiger partial charge in [0.1, 0.15) is 0 Å². The molecule has 2 aliphatic heterocycles. The Morgan fingerprint density at radius 1 is 1.11 bits per heavy atom. The van der Waals surface area contributed by atoms with Crippen molar-refractivity contribution in [1.29, 1.82) is 0 Å². The molecule has 2 atom stereocenters. The van der Waals surface area contributed by atoms with E-state index in [1.165, 1.54) is 64.7 Å². The molecule has 2 fully saturated rings. The standard InChI is InChI=1S/C15H31N3/c1-3-14-7-5-11-18(14)15(13-16)8-6-10-17(4-2)12-9-15/h14H,3-13,16H2,1-2H3. The van der Waals surface area contributed by atoms with Crippen molar-refractivity contribution in [1.82, 2.24) is 9.80 Å². The van der Waals surface area contributed by atoms with Crippen molar-refractivity contribution in [3.63, 3.8) is 0 Å². The predicted octanol–water partition coefficient (Wildman–Crippen LogP) is 2.06. The van der Waals surface area contributed by atoms with Crippen molar-refractivity contribution < 1.29 is 0 Å². The fourth-order valence-electron chi connectivity index (χ4n) is 4.04. The highest BCUT2D eigenvalue weighted by Crippen LogP contribution is 2.35. The molecule has 3 heteroatoms. The molecular weight excluding hydrogens is 222 g/mol. The lowest BCUT2D eigenvalue weighted by atomic mass is 9.87. The highest BCUT2D eigenvalue weighted by Gasteiger charge is 2.41. The van der Waals surface area contributed by atoms with Gasteiger partial charge in [-0.3, -0.25) is 4.90 Å². The first-order chi connectivity index (χ1) is 8.75. The molecule has 2 saturated heterocycles. The van der Waals surface area contributed by atoms with Gasteiger partial charge in [0.05, 0.1) is 0 Å². The van der Waals surface area contributed by atoms with Gasteiger partial charge < -0.3 is 10.6 Å². The Morgan fingerprint density at radius 3 is 2.61 bits per heavy atom. The monoisotopic (exact) mass is 253 g/mol. The van der Waals surface area contributed by atoms with Crippen LogP contribution in [0.4, 0.5) is 0 Å². The highest BCUT2D eigenvalue weighted by atomic mass is 15.3. The Balaban J connectivity index is 2.09. The van der Waals surface area contributed by atoms with E-state index in [0.717, 1.165) is 12.6 Å². The fraction of sp³-hybridized carbons (Fsp3) is 1.00. The first-order valence-electron chi connectivity index (χ1n) is 7.95. The summed E-state index contributed by atoms with van der Waals surface area (Å²) in [5.74, 6) is 0. The third kappa shape index (κ3) is 2.73. The molecule has 0 aromatic rings. The number of nitrogens with two attached hydrogens (primary N) is 1. The summed E-state index contributed by atoms with van der Waals surface area (Å²) < 4.78 is 0. The van der Waals surface area contributed by atoms with Crippen molar-refractivity contribution >= 4 is 0 Å². The zero-order valence-corrected chi connectivity index (χ0v) is 12.3. The molecule has 0 saturated carbocycles. The third-order valence-electron chi connectivity index (χ3n) is 5.29. The molecule has 2 rings (SSSR count). The predicted molar refractivity (Wildman–Crippen MR) is 77.8 cm³/mol. The van der Waals surface area contributed by atoms with Crippen LogP contribution in [0.1, 0.15) is 52.4 Å². The minimum absolute atomic E-state index is 0.307. The Hall–Kier alpha value is -0.120. The maximum absolute atomic E-state index is 6.23. The third-order valence-corrected chi connectivity index (χ3v) is 5.29. The van der Waals surface area contributed by atoms with Crippen molar-refractivity contribution in [2.75, 3.05) is 32.7 Å². The molecule has 3 nitrogen and oxygen atoms in total. The van der Waals surface area contributed by atoms with Gasteiger partial charge in [-0.05, 0) is 64.7 Å². The Kier molecular flexibility index (Phi) is 5.05. The molecule has 2 aliphatic rings. The lowest BCUT2D eigenvalue weighted by Gasteiger charge is -2.44. The van der Waals surface area contributed by atoms with E-state index in [2.05, 4.69) is 23.6 Å². The van der Waals surface area contributed by atoms with E-state index in [9.17, 15) is 0 Å². The number of hydrogen-bond acceptors (Lipinski definition) is 3. The Morgan fingerprint density at radius 2 is 1.94 bits per heavy atom. The molecule has 18 heavy (non-hydrogen) atoms. The van der Waals surface area contributed by atoms with Crippen LogP contribution in [0.25, 0.3) is 0 Å². The summed E-state index contributed by atoms with van der Waals surface area (Å²) in [6, 6.07) is 0.793. The summed E-state index contributed by atoms with van der Waals surface area (Å²) in [6.07, 6.45) is 7.94. The minimum atomic E-state index is 0.307. The van der Waals surface area contributed by atoms with E-state index in [-0.39, 0.29) is 0 Å². The van der Waals surface area contributed by atoms with Gasteiger partial charge in [0.25, 0.3) is 0 Å². The van der Waals surface area contributed by atoms with Crippen molar-refractivity contribution in [3.05, 3.63) is 0 Å². The number of hydrogen-bond donors (Lipinski definition) is 1. The normalized spacial score (nSPS) is 35.8. The molecule has 0 radical (unpaired) electrons. The lowest BCUT2D eigenvalue weighted by molar-refractivity contribution is 0.0637. The average molecular weight is 253 g/mol. The minimum Gasteiger partial charge on any atom is -0.329 e. The summed E-state index contributed by atoms with van der Waals surface area (Å²) >= 11 is 0. The van der Waals surface area contributed by atoms with Crippen molar-refractivity contribution in [2.45, 2.75) is 64.0 Å². The number of rotatable bonds is 4. The summed E-state index contributed by atoms with van der Waals surface area (Å²) in [5.41, 5.74) is 6.54. The maximum Gasteiger partial charge on any atom is 0.0347 e. The fourth-order valence-corrected chi connectivity index (χ4v) is 4.04. The van der Waals surface area contributed by atoms with Gasteiger partial charge in [-0.15, -0.1) is 0 Å². The van der Waals surface area contributed by atoms with Gasteiger partial charge in [-0.25, -0.2) is 0 Å². The Bertz CT molecular complexity index is 256. The quantitative estimate of drug-likeness (QED) is 0.832. The van der Waals surface area contributed by atoms with Crippen LogP contribution in [-0.4, -0.2) is 54.1 Å². The average Bonchev–Trinajstić information content (AvgIpc) is 2.79. The van der Waals surface area contributed by atoms with Crippen LogP contribution in [0, 0.1) is 0 Å². The van der Waals surface area contributed by atoms with Gasteiger partial charge in [-0.1, -0.05) is 13.8 Å². The van der Waals surface area contributed by atoms with Crippen LogP contribution in [-0.2, 0) is 0 Å². The van der Waals surface area contributed by atoms with Gasteiger partial charge >= 0.3 is 0 Å². The molecule has 2 N–H and O–H groups in total. The van der Waals surface area contributed by atoms with Crippen LogP contribution in [0.15, 0.2) is 0 Å². The van der Waals surface area contributed by atoms with Gasteiger partial charge in [0, 0.05) is 18.1 Å². The van der Waals surface area contributed by atoms with E-state index in [1.54, 1.807) is 0 Å². The molecule has 0 aromatic carbocycles. The summed E-state index contributed by atoms with van der Waals surface area (Å²) in [5, 5.41) is 0. The first kappa shape index (κ1) is 14.3. The molecule has 0 amide bonds. The second-order valence-corrected chi connectivity index (χ2v) is 6.11. The van der Waals surface area contributed by atoms with Gasteiger partial charge in [0.2, 0.25) is 0 Å². The second kappa shape index (κ2) is 6.36. The van der Waals surface area contributed by atoms with Crippen LogP contribution >= 0.6 is 0 Å². The summed E-state index contributed by atoms with van der Waals surface area (Å²) in [6.45, 7) is 10.4. The van der Waals surface area contributed by atoms with E-state index < -0.39 is 0 Å². The largest absolute Gasteiger partial charge is 0.329 e. The van der Waals surface area contributed by atoms with Crippen LogP contribution < -0.4 is 5.73 Å². The van der Waals surface area contributed by atoms with E-state index in [1.807, 2.05) is 0 Å². The van der Waals surface area contributed by atoms with Crippen molar-refractivity contribution in [3.8, 4) is 0 Å². The molecule has 0 bridgehead atoms. The lowest BCUT2D eigenvalue weighted by Crippen LogP contribution is -2.56. The van der Waals surface area contributed by atoms with Crippen molar-refractivity contribution in [2.24, 2.45) is 5.73 Å². The molecule has 106 valence electrons. The van der Waals surface area contributed by atoms with E-state index >= 15 is 0 Å². The van der Waals surface area contributed by atoms with Crippen LogP contribution in [0.3, 0.4) is 0 Å². The van der Waals surface area contributed by atoms with Crippen LogP contribution in [0.5, 0.6) is 0 Å². The molecular formula is C15H31N3. The smallest absolute Gasteiger partial charge is 0.0347 e. The molecule has 2 unspecified atom stereocenters. The summed E-state index contributed by atoms with van der Waals surface area (Å²) in [4.78, 5) is 5.38. The first-order valence-corrected chi connectivity index (χ1v) is 7.95. The molecule has 2 heterocycles. The SMILES string of the molecule is CCC1CCCN1C1(CN)CCCN(CC)CC1. The number of likely N-dealkylation sites (tertiary alicyclic amines) is 2. The Labute approximate surface area is 113 Å². The van der Waals surface area contributed by atoms with Gasteiger partial charge in [0.15, 0.2) is 0 Å². The number of nitrogens with zero attached hydrogens (tertiary/aromatic N) is 2. The van der Waals surface area contributed by atoms with E-state index in [0.29, 0.717) is 5.54 Å². The summed E-state index contributed by atoms with van der Waals surface area (Å²) in [7, 11) is 0. The molecule has 0 spiro atoms. The second-order valence-electron chi connectivity index (χ2n) is 6.11. The zero-order valence-electron chi connectivity index (χ0n) is 12.3. The van der Waals surface area contributed by atoms with Crippen LogP contribution in [0.2, 0.25) is 0 Å². The van der Waals surface area contributed by atoms with E-state index in [4.69, 9.17) is 5.73 Å².